The summed E-state index contributed by atoms with van der Waals surface area (Å²) in [6.07, 6.45) is 0. The van der Waals surface area contributed by atoms with Crippen molar-refractivity contribution >= 4 is 93.2 Å². The lowest BCUT2D eigenvalue weighted by atomic mass is 9.96. The number of nitrogens with zero attached hydrogens (tertiary/aromatic N) is 2. The minimum atomic E-state index is 0.578. The molecular weight excluding hydrogens is 697 g/mol. The summed E-state index contributed by atoms with van der Waals surface area (Å²) in [5.74, 6) is 0.578. The summed E-state index contributed by atoms with van der Waals surface area (Å²) in [7, 11) is 0. The summed E-state index contributed by atoms with van der Waals surface area (Å²) in [5.41, 5.74) is 9.53. The molecule has 266 valence electrons. The first-order valence-corrected chi connectivity index (χ1v) is 19.3. The van der Waals surface area contributed by atoms with Crippen LogP contribution < -0.4 is 4.90 Å². The van der Waals surface area contributed by atoms with Crippen LogP contribution in [-0.2, 0) is 0 Å². The molecule has 2 heterocycles. The van der Waals surface area contributed by atoms with Gasteiger partial charge < -0.3 is 13.7 Å². The van der Waals surface area contributed by atoms with Crippen LogP contribution in [-0.4, -0.2) is 4.98 Å². The van der Waals surface area contributed by atoms with Gasteiger partial charge in [0.05, 0.1) is 0 Å². The summed E-state index contributed by atoms with van der Waals surface area (Å²) in [6, 6.07) is 68.8. The van der Waals surface area contributed by atoms with E-state index in [0.717, 1.165) is 72.0 Å². The third kappa shape index (κ3) is 5.04. The molecule has 12 rings (SSSR count). The minimum absolute atomic E-state index is 0.578. The molecule has 0 saturated heterocycles. The monoisotopic (exact) mass is 728 g/mol. The molecule has 0 saturated carbocycles. The van der Waals surface area contributed by atoms with E-state index in [1.54, 1.807) is 0 Å². The Balaban J connectivity index is 1.03. The van der Waals surface area contributed by atoms with Gasteiger partial charge in [0.1, 0.15) is 16.7 Å². The zero-order chi connectivity index (χ0) is 37.5. The Morgan fingerprint density at radius 3 is 1.86 bits per heavy atom. The van der Waals surface area contributed by atoms with E-state index in [1.165, 1.54) is 37.9 Å². The topological polar surface area (TPSA) is 42.4 Å². The molecule has 0 amide bonds. The van der Waals surface area contributed by atoms with Crippen molar-refractivity contribution < 1.29 is 8.83 Å². The third-order valence-corrected chi connectivity index (χ3v) is 11.4. The van der Waals surface area contributed by atoms with Gasteiger partial charge in [0, 0.05) is 44.9 Å². The van der Waals surface area contributed by atoms with Gasteiger partial charge in [0.15, 0.2) is 5.58 Å². The largest absolute Gasteiger partial charge is 0.456 e. The number of hydrogen-bond donors (Lipinski definition) is 0. The zero-order valence-electron chi connectivity index (χ0n) is 30.7. The fourth-order valence-corrected chi connectivity index (χ4v) is 8.76. The Kier molecular flexibility index (Phi) is 6.89. The second-order valence-electron chi connectivity index (χ2n) is 14.7. The highest BCUT2D eigenvalue weighted by atomic mass is 16.3. The molecule has 0 fully saturated rings. The number of anilines is 3. The Morgan fingerprint density at radius 2 is 1.00 bits per heavy atom. The van der Waals surface area contributed by atoms with Gasteiger partial charge in [-0.1, -0.05) is 133 Å². The first-order valence-electron chi connectivity index (χ1n) is 19.3. The van der Waals surface area contributed by atoms with Crippen LogP contribution in [0, 0.1) is 0 Å². The molecule has 0 N–H and O–H groups in total. The Bertz CT molecular complexity index is 3540. The second kappa shape index (κ2) is 12.4. The van der Waals surface area contributed by atoms with Crippen molar-refractivity contribution in [3.63, 3.8) is 0 Å². The maximum absolute atomic E-state index is 6.67. The lowest BCUT2D eigenvalue weighted by molar-refractivity contribution is 0.623. The van der Waals surface area contributed by atoms with Crippen molar-refractivity contribution in [3.05, 3.63) is 194 Å². The summed E-state index contributed by atoms with van der Waals surface area (Å²) in [4.78, 5) is 7.30. The average molecular weight is 729 g/mol. The predicted molar refractivity (Wildman–Crippen MR) is 237 cm³/mol. The molecule has 0 atom stereocenters. The SMILES string of the molecule is c1ccc(-c2cccc(N(c3ccc4c(ccc5c6ccccc6ccc45)c3)c3ccc4c(c3)oc3cccc(-c5nc6ccc7ccccc7c6o5)c34)c2)cc1. The van der Waals surface area contributed by atoms with E-state index in [-0.39, 0.29) is 0 Å². The van der Waals surface area contributed by atoms with Gasteiger partial charge in [0.2, 0.25) is 5.89 Å². The molecular formula is C53H32N2O2. The van der Waals surface area contributed by atoms with Crippen molar-refractivity contribution in [2.45, 2.75) is 0 Å². The van der Waals surface area contributed by atoms with Crippen molar-refractivity contribution in [2.75, 3.05) is 4.90 Å². The van der Waals surface area contributed by atoms with E-state index >= 15 is 0 Å². The fraction of sp³-hybridized carbons (Fsp3) is 0. The first kappa shape index (κ1) is 31.6. The molecule has 0 radical (unpaired) electrons. The normalized spacial score (nSPS) is 11.9. The molecule has 0 aliphatic heterocycles. The number of hydrogen-bond acceptors (Lipinski definition) is 4. The van der Waals surface area contributed by atoms with Gasteiger partial charge in [-0.05, 0) is 103 Å². The van der Waals surface area contributed by atoms with Crippen molar-refractivity contribution in [1.29, 1.82) is 0 Å². The van der Waals surface area contributed by atoms with Crippen molar-refractivity contribution in [2.24, 2.45) is 0 Å². The molecule has 10 aromatic carbocycles. The van der Waals surface area contributed by atoms with Gasteiger partial charge in [-0.3, -0.25) is 0 Å². The van der Waals surface area contributed by atoms with Gasteiger partial charge in [0.25, 0.3) is 0 Å². The molecule has 4 heteroatoms. The summed E-state index contributed by atoms with van der Waals surface area (Å²) in [5, 5.41) is 11.6. The van der Waals surface area contributed by atoms with E-state index < -0.39 is 0 Å². The maximum atomic E-state index is 6.67. The molecule has 0 aliphatic rings. The third-order valence-electron chi connectivity index (χ3n) is 11.4. The van der Waals surface area contributed by atoms with E-state index in [0.29, 0.717) is 5.89 Å². The number of furan rings is 1. The Hall–Kier alpha value is -7.69. The number of oxazole rings is 1. The van der Waals surface area contributed by atoms with E-state index in [1.807, 2.05) is 30.3 Å². The minimum Gasteiger partial charge on any atom is -0.456 e. The highest BCUT2D eigenvalue weighted by Crippen LogP contribution is 2.44. The molecule has 12 aromatic rings. The van der Waals surface area contributed by atoms with Crippen molar-refractivity contribution in [3.8, 4) is 22.6 Å². The van der Waals surface area contributed by atoms with Crippen LogP contribution in [0.3, 0.4) is 0 Å². The van der Waals surface area contributed by atoms with Crippen LogP contribution >= 0.6 is 0 Å². The number of benzene rings is 10. The van der Waals surface area contributed by atoms with Crippen molar-refractivity contribution in [1.82, 2.24) is 4.98 Å². The molecule has 0 aliphatic carbocycles. The predicted octanol–water partition coefficient (Wildman–Crippen LogP) is 15.1. The van der Waals surface area contributed by atoms with Gasteiger partial charge in [-0.25, -0.2) is 4.98 Å². The van der Waals surface area contributed by atoms with Crippen LogP contribution in [0.2, 0.25) is 0 Å². The number of aromatic nitrogens is 1. The van der Waals surface area contributed by atoms with E-state index in [4.69, 9.17) is 13.8 Å². The molecule has 0 spiro atoms. The van der Waals surface area contributed by atoms with Crippen LogP contribution in [0.5, 0.6) is 0 Å². The fourth-order valence-electron chi connectivity index (χ4n) is 8.76. The van der Waals surface area contributed by atoms with Crippen LogP contribution in [0.4, 0.5) is 17.1 Å². The smallest absolute Gasteiger partial charge is 0.228 e. The Labute approximate surface area is 327 Å². The number of fused-ring (bicyclic) bond motifs is 11. The van der Waals surface area contributed by atoms with Gasteiger partial charge in [-0.15, -0.1) is 0 Å². The molecule has 0 bridgehead atoms. The standard InChI is InChI=1S/C53H32N2O2/c1-2-10-33(11-3-1)36-14-8-15-38(30-36)55(39-23-27-42-37(31-39)21-26-44-41-16-6-4-12-34(41)20-25-45(42)44)40-24-28-46-50(32-40)56-49-19-9-18-47(51(46)49)53-54-48-29-22-35-13-5-7-17-43(35)52(48)57-53/h1-32H. The van der Waals surface area contributed by atoms with Crippen LogP contribution in [0.25, 0.3) is 98.7 Å². The van der Waals surface area contributed by atoms with Crippen LogP contribution in [0.15, 0.2) is 203 Å². The molecule has 4 nitrogen and oxygen atoms in total. The summed E-state index contributed by atoms with van der Waals surface area (Å²) < 4.78 is 13.2. The quantitative estimate of drug-likeness (QED) is 0.166. The van der Waals surface area contributed by atoms with Gasteiger partial charge >= 0.3 is 0 Å². The second-order valence-corrected chi connectivity index (χ2v) is 14.7. The highest BCUT2D eigenvalue weighted by Gasteiger charge is 2.21. The van der Waals surface area contributed by atoms with E-state index in [2.05, 4.69) is 169 Å². The summed E-state index contributed by atoms with van der Waals surface area (Å²) >= 11 is 0. The lowest BCUT2D eigenvalue weighted by Crippen LogP contribution is -2.10. The highest BCUT2D eigenvalue weighted by molar-refractivity contribution is 6.18. The molecule has 2 aromatic heterocycles. The van der Waals surface area contributed by atoms with Crippen LogP contribution in [0.1, 0.15) is 0 Å². The lowest BCUT2D eigenvalue weighted by Gasteiger charge is -2.26. The first-order chi connectivity index (χ1) is 28.2. The average Bonchev–Trinajstić information content (AvgIpc) is 3.89. The maximum Gasteiger partial charge on any atom is 0.228 e. The molecule has 57 heavy (non-hydrogen) atoms. The molecule has 0 unspecified atom stereocenters. The zero-order valence-corrected chi connectivity index (χ0v) is 30.7. The number of rotatable bonds is 5. The van der Waals surface area contributed by atoms with E-state index in [9.17, 15) is 0 Å². The summed E-state index contributed by atoms with van der Waals surface area (Å²) in [6.45, 7) is 0. The van der Waals surface area contributed by atoms with Gasteiger partial charge in [-0.2, -0.15) is 0 Å². The Morgan fingerprint density at radius 1 is 0.368 bits per heavy atom.